The van der Waals surface area contributed by atoms with Crippen LogP contribution >= 0.6 is 0 Å². The molecule has 0 radical (unpaired) electrons. The third-order valence-corrected chi connectivity index (χ3v) is 4.18. The van der Waals surface area contributed by atoms with Gasteiger partial charge in [-0.25, -0.2) is 0 Å². The van der Waals surface area contributed by atoms with E-state index in [0.29, 0.717) is 24.0 Å². The van der Waals surface area contributed by atoms with Gasteiger partial charge in [0, 0.05) is 6.54 Å². The SMILES string of the molecule is CCOc1cc(CNCCC(C)C)ccc1Oc1nnnn1-c1ccccc1.[Cl-]. The van der Waals surface area contributed by atoms with E-state index in [4.69, 9.17) is 9.47 Å². The summed E-state index contributed by atoms with van der Waals surface area (Å²) in [6, 6.07) is 15.8. The van der Waals surface area contributed by atoms with Gasteiger partial charge in [0.25, 0.3) is 0 Å². The Morgan fingerprint density at radius 2 is 1.86 bits per heavy atom. The molecule has 0 spiro atoms. The zero-order valence-corrected chi connectivity index (χ0v) is 17.8. The maximum Gasteiger partial charge on any atom is 0.346 e. The van der Waals surface area contributed by atoms with Crippen molar-refractivity contribution in [3.8, 4) is 23.2 Å². The highest BCUT2D eigenvalue weighted by molar-refractivity contribution is 5.44. The molecule has 156 valence electrons. The van der Waals surface area contributed by atoms with E-state index in [0.717, 1.165) is 30.8 Å². The first-order valence-corrected chi connectivity index (χ1v) is 9.65. The van der Waals surface area contributed by atoms with Crippen LogP contribution in [-0.4, -0.2) is 33.4 Å². The maximum atomic E-state index is 5.98. The van der Waals surface area contributed by atoms with Crippen LogP contribution in [0.2, 0.25) is 0 Å². The first-order chi connectivity index (χ1) is 13.7. The summed E-state index contributed by atoms with van der Waals surface area (Å²) in [6.07, 6.45) is 1.15. The molecule has 0 saturated carbocycles. The van der Waals surface area contributed by atoms with Crippen molar-refractivity contribution in [2.45, 2.75) is 33.7 Å². The molecule has 0 fully saturated rings. The number of nitrogens with one attached hydrogen (secondary N) is 1. The molecule has 8 heteroatoms. The number of hydrogen-bond acceptors (Lipinski definition) is 6. The topological polar surface area (TPSA) is 74.1 Å². The van der Waals surface area contributed by atoms with Crippen molar-refractivity contribution in [2.75, 3.05) is 13.2 Å². The molecule has 0 bridgehead atoms. The van der Waals surface area contributed by atoms with E-state index < -0.39 is 0 Å². The lowest BCUT2D eigenvalue weighted by Gasteiger charge is -2.13. The smallest absolute Gasteiger partial charge is 0.346 e. The lowest BCUT2D eigenvalue weighted by atomic mass is 10.1. The number of para-hydroxylation sites is 1. The summed E-state index contributed by atoms with van der Waals surface area (Å²) in [6.45, 7) is 8.73. The molecule has 29 heavy (non-hydrogen) atoms. The zero-order chi connectivity index (χ0) is 19.8. The second-order valence-electron chi connectivity index (χ2n) is 6.88. The molecule has 1 heterocycles. The standard InChI is InChI=1S/C21H27N5O2.ClH/c1-4-27-20-14-17(15-22-13-12-16(2)3)10-11-19(20)28-21-23-24-25-26(21)18-8-6-5-7-9-18;/h5-11,14,16,22H,4,12-13,15H2,1-3H3;1H/p-1. The predicted molar refractivity (Wildman–Crippen MR) is 108 cm³/mol. The molecule has 3 aromatic rings. The molecule has 0 aliphatic carbocycles. The molecule has 0 saturated heterocycles. The Kier molecular flexibility index (Phi) is 8.89. The summed E-state index contributed by atoms with van der Waals surface area (Å²) in [7, 11) is 0. The minimum atomic E-state index is 0. The largest absolute Gasteiger partial charge is 1.00 e. The van der Waals surface area contributed by atoms with Gasteiger partial charge >= 0.3 is 6.01 Å². The summed E-state index contributed by atoms with van der Waals surface area (Å²) in [5.74, 6) is 1.95. The summed E-state index contributed by atoms with van der Waals surface area (Å²) < 4.78 is 13.3. The minimum absolute atomic E-state index is 0. The fourth-order valence-corrected chi connectivity index (χ4v) is 2.71. The zero-order valence-electron chi connectivity index (χ0n) is 17.0. The molecular weight excluding hydrogens is 390 g/mol. The van der Waals surface area contributed by atoms with Gasteiger partial charge < -0.3 is 27.2 Å². The van der Waals surface area contributed by atoms with Crippen LogP contribution in [0.5, 0.6) is 17.5 Å². The summed E-state index contributed by atoms with van der Waals surface area (Å²) >= 11 is 0. The van der Waals surface area contributed by atoms with Crippen LogP contribution in [0.15, 0.2) is 48.5 Å². The quantitative estimate of drug-likeness (QED) is 0.497. The first-order valence-electron chi connectivity index (χ1n) is 9.65. The number of hydrogen-bond donors (Lipinski definition) is 1. The van der Waals surface area contributed by atoms with E-state index in [1.165, 1.54) is 0 Å². The van der Waals surface area contributed by atoms with Crippen LogP contribution in [0, 0.1) is 5.92 Å². The molecule has 0 atom stereocenters. The number of nitrogens with zero attached hydrogens (tertiary/aromatic N) is 4. The van der Waals surface area contributed by atoms with Gasteiger partial charge in [-0.05, 0) is 66.1 Å². The van der Waals surface area contributed by atoms with Gasteiger partial charge in [0.2, 0.25) is 0 Å². The van der Waals surface area contributed by atoms with Gasteiger partial charge in [-0.1, -0.05) is 43.2 Å². The molecule has 3 rings (SSSR count). The van der Waals surface area contributed by atoms with Gasteiger partial charge in [-0.15, -0.1) is 0 Å². The Bertz CT molecular complexity index is 871. The lowest BCUT2D eigenvalue weighted by Crippen LogP contribution is -3.00. The van der Waals surface area contributed by atoms with Crippen molar-refractivity contribution in [1.82, 2.24) is 25.5 Å². The molecule has 0 aliphatic rings. The van der Waals surface area contributed by atoms with Crippen LogP contribution in [0.4, 0.5) is 0 Å². The second-order valence-corrected chi connectivity index (χ2v) is 6.88. The number of benzene rings is 2. The van der Waals surface area contributed by atoms with Crippen LogP contribution in [-0.2, 0) is 6.54 Å². The number of tetrazole rings is 1. The molecule has 0 aliphatic heterocycles. The number of ether oxygens (including phenoxy) is 2. The molecule has 2 aromatic carbocycles. The van der Waals surface area contributed by atoms with Gasteiger partial charge in [-0.2, -0.15) is 4.68 Å². The number of halogens is 1. The van der Waals surface area contributed by atoms with E-state index in [1.54, 1.807) is 4.68 Å². The monoisotopic (exact) mass is 416 g/mol. The van der Waals surface area contributed by atoms with Gasteiger partial charge in [0.15, 0.2) is 11.5 Å². The fourth-order valence-electron chi connectivity index (χ4n) is 2.71. The maximum absolute atomic E-state index is 5.98. The van der Waals surface area contributed by atoms with Crippen molar-refractivity contribution in [2.24, 2.45) is 5.92 Å². The fraction of sp³-hybridized carbons (Fsp3) is 0.381. The first kappa shape index (κ1) is 22.6. The second kappa shape index (κ2) is 11.4. The average molecular weight is 417 g/mol. The van der Waals surface area contributed by atoms with Crippen molar-refractivity contribution in [3.63, 3.8) is 0 Å². The summed E-state index contributed by atoms with van der Waals surface area (Å²) in [4.78, 5) is 0. The van der Waals surface area contributed by atoms with Crippen LogP contribution < -0.4 is 27.2 Å². The Hall–Kier alpha value is -2.64. The third kappa shape index (κ3) is 6.44. The summed E-state index contributed by atoms with van der Waals surface area (Å²) in [5, 5.41) is 15.2. The van der Waals surface area contributed by atoms with E-state index in [-0.39, 0.29) is 18.4 Å². The number of rotatable bonds is 10. The minimum Gasteiger partial charge on any atom is -1.00 e. The van der Waals surface area contributed by atoms with Crippen molar-refractivity contribution in [3.05, 3.63) is 54.1 Å². The molecule has 1 aromatic heterocycles. The van der Waals surface area contributed by atoms with Crippen molar-refractivity contribution >= 4 is 0 Å². The van der Waals surface area contributed by atoms with Crippen molar-refractivity contribution < 1.29 is 21.9 Å². The average Bonchev–Trinajstić information content (AvgIpc) is 3.16. The highest BCUT2D eigenvalue weighted by atomic mass is 35.5. The van der Waals surface area contributed by atoms with Crippen LogP contribution in [0.1, 0.15) is 32.8 Å². The van der Waals surface area contributed by atoms with Gasteiger partial charge in [0.1, 0.15) is 0 Å². The van der Waals surface area contributed by atoms with E-state index >= 15 is 0 Å². The van der Waals surface area contributed by atoms with Crippen LogP contribution in [0.3, 0.4) is 0 Å². The highest BCUT2D eigenvalue weighted by Crippen LogP contribution is 2.32. The normalized spacial score (nSPS) is 10.6. The van der Waals surface area contributed by atoms with E-state index in [1.807, 2.05) is 55.5 Å². The highest BCUT2D eigenvalue weighted by Gasteiger charge is 2.14. The molecule has 7 nitrogen and oxygen atoms in total. The predicted octanol–water partition coefficient (Wildman–Crippen LogP) is 0.993. The molecular formula is C21H27ClN5O2-. The Morgan fingerprint density at radius 1 is 1.07 bits per heavy atom. The van der Waals surface area contributed by atoms with E-state index in [2.05, 4.69) is 34.7 Å². The lowest BCUT2D eigenvalue weighted by molar-refractivity contribution is -0.00000715. The van der Waals surface area contributed by atoms with Gasteiger partial charge in [0.05, 0.1) is 12.3 Å². The molecule has 1 N–H and O–H groups in total. The van der Waals surface area contributed by atoms with E-state index in [9.17, 15) is 0 Å². The Labute approximate surface area is 177 Å². The Morgan fingerprint density at radius 3 is 2.59 bits per heavy atom. The molecule has 0 amide bonds. The van der Waals surface area contributed by atoms with Crippen molar-refractivity contribution in [1.29, 1.82) is 0 Å². The van der Waals surface area contributed by atoms with Crippen LogP contribution in [0.25, 0.3) is 5.69 Å². The third-order valence-electron chi connectivity index (χ3n) is 4.18. The molecule has 0 unspecified atom stereocenters. The Balaban J connectivity index is 0.00000300. The summed E-state index contributed by atoms with van der Waals surface area (Å²) in [5.41, 5.74) is 1.97. The number of aromatic nitrogens is 4. The van der Waals surface area contributed by atoms with Gasteiger partial charge in [-0.3, -0.25) is 0 Å².